The second-order valence-corrected chi connectivity index (χ2v) is 3.04. The average Bonchev–Trinajstić information content (AvgIpc) is 2.01. The fourth-order valence-electron chi connectivity index (χ4n) is 1.07. The Bertz CT molecular complexity index is 89.3. The molecule has 0 spiro atoms. The first-order valence-corrected chi connectivity index (χ1v) is 4.14. The standard InChI is InChI=1S/C8H19NO/c1-5-8(4,6-2)9(10)7-3/h9H,5-7H2,1-4H3. The first-order chi connectivity index (χ1) is 4.60. The van der Waals surface area contributed by atoms with Crippen LogP contribution in [0.15, 0.2) is 0 Å². The molecule has 62 valence electrons. The van der Waals surface area contributed by atoms with E-state index in [2.05, 4.69) is 20.8 Å². The Hall–Kier alpha value is -0.0800. The fraction of sp³-hybridized carbons (Fsp3) is 1.00. The van der Waals surface area contributed by atoms with Crippen molar-refractivity contribution in [2.24, 2.45) is 0 Å². The van der Waals surface area contributed by atoms with Gasteiger partial charge in [0.1, 0.15) is 0 Å². The van der Waals surface area contributed by atoms with Gasteiger partial charge in [-0.05, 0) is 26.7 Å². The number of rotatable bonds is 4. The van der Waals surface area contributed by atoms with Crippen molar-refractivity contribution in [1.29, 1.82) is 0 Å². The normalized spacial score (nSPS) is 15.3. The van der Waals surface area contributed by atoms with Crippen LogP contribution in [0.25, 0.3) is 0 Å². The van der Waals surface area contributed by atoms with Gasteiger partial charge in [-0.2, -0.15) is 0 Å². The van der Waals surface area contributed by atoms with Gasteiger partial charge >= 0.3 is 0 Å². The van der Waals surface area contributed by atoms with Crippen molar-refractivity contribution >= 4 is 0 Å². The van der Waals surface area contributed by atoms with Crippen LogP contribution in [0.1, 0.15) is 40.5 Å². The van der Waals surface area contributed by atoms with Crippen LogP contribution in [0.4, 0.5) is 0 Å². The molecule has 0 aliphatic rings. The number of nitrogens with one attached hydrogen (secondary N) is 1. The van der Waals surface area contributed by atoms with Crippen molar-refractivity contribution < 1.29 is 5.06 Å². The zero-order valence-electron chi connectivity index (χ0n) is 7.53. The first-order valence-electron chi connectivity index (χ1n) is 4.14. The molecular weight excluding hydrogens is 126 g/mol. The smallest absolute Gasteiger partial charge is 0.0940 e. The summed E-state index contributed by atoms with van der Waals surface area (Å²) in [5.41, 5.74) is -0.0469. The highest BCUT2D eigenvalue weighted by Crippen LogP contribution is 2.08. The lowest BCUT2D eigenvalue weighted by Gasteiger charge is -2.39. The zero-order chi connectivity index (χ0) is 8.20. The molecule has 0 saturated heterocycles. The quantitative estimate of drug-likeness (QED) is 0.586. The highest BCUT2D eigenvalue weighted by atomic mass is 16.5. The number of quaternary nitrogens is 1. The fourth-order valence-corrected chi connectivity index (χ4v) is 1.07. The lowest BCUT2D eigenvalue weighted by atomic mass is 9.95. The van der Waals surface area contributed by atoms with Crippen LogP contribution in [0.3, 0.4) is 0 Å². The molecule has 2 nitrogen and oxygen atoms in total. The molecule has 0 aromatic heterocycles. The topological polar surface area (TPSA) is 27.5 Å². The number of hydrogen-bond acceptors (Lipinski definition) is 1. The Labute approximate surface area is 63.8 Å². The summed E-state index contributed by atoms with van der Waals surface area (Å²) in [7, 11) is 0. The van der Waals surface area contributed by atoms with Crippen molar-refractivity contribution in [3.63, 3.8) is 0 Å². The minimum atomic E-state index is -0.0469. The number of hydroxylamine groups is 2. The molecule has 2 heteroatoms. The van der Waals surface area contributed by atoms with E-state index in [9.17, 15) is 5.21 Å². The van der Waals surface area contributed by atoms with Crippen LogP contribution in [-0.4, -0.2) is 12.1 Å². The molecule has 0 aromatic carbocycles. The van der Waals surface area contributed by atoms with Gasteiger partial charge in [0.05, 0.1) is 12.1 Å². The molecule has 0 aromatic rings. The van der Waals surface area contributed by atoms with E-state index >= 15 is 0 Å². The second kappa shape index (κ2) is 3.94. The highest BCUT2D eigenvalue weighted by Gasteiger charge is 2.24. The van der Waals surface area contributed by atoms with E-state index in [1.54, 1.807) is 0 Å². The summed E-state index contributed by atoms with van der Waals surface area (Å²) in [6.07, 6.45) is 1.94. The van der Waals surface area contributed by atoms with Gasteiger partial charge in [-0.25, -0.2) is 0 Å². The highest BCUT2D eigenvalue weighted by molar-refractivity contribution is 4.68. The van der Waals surface area contributed by atoms with E-state index in [0.29, 0.717) is 11.6 Å². The second-order valence-electron chi connectivity index (χ2n) is 3.04. The molecule has 0 radical (unpaired) electrons. The van der Waals surface area contributed by atoms with Crippen molar-refractivity contribution in [1.82, 2.24) is 0 Å². The molecule has 0 fully saturated rings. The van der Waals surface area contributed by atoms with E-state index in [1.165, 1.54) is 0 Å². The Morgan fingerprint density at radius 3 is 1.70 bits per heavy atom. The maximum absolute atomic E-state index is 11.3. The molecule has 0 aliphatic carbocycles. The van der Waals surface area contributed by atoms with Gasteiger partial charge in [-0.1, -0.05) is 13.8 Å². The zero-order valence-corrected chi connectivity index (χ0v) is 7.53. The Morgan fingerprint density at radius 1 is 1.20 bits per heavy atom. The van der Waals surface area contributed by atoms with Gasteiger partial charge in [0.25, 0.3) is 0 Å². The lowest BCUT2D eigenvalue weighted by Crippen LogP contribution is -3.15. The van der Waals surface area contributed by atoms with Crippen molar-refractivity contribution in [2.75, 3.05) is 6.54 Å². The third-order valence-electron chi connectivity index (χ3n) is 2.55. The van der Waals surface area contributed by atoms with Crippen molar-refractivity contribution in [2.45, 2.75) is 46.1 Å². The molecule has 0 heterocycles. The Morgan fingerprint density at radius 2 is 1.60 bits per heavy atom. The van der Waals surface area contributed by atoms with Crippen LogP contribution < -0.4 is 5.06 Å². The summed E-state index contributed by atoms with van der Waals surface area (Å²) >= 11 is 0. The third-order valence-corrected chi connectivity index (χ3v) is 2.55. The third kappa shape index (κ3) is 1.96. The molecule has 1 N–H and O–H groups in total. The van der Waals surface area contributed by atoms with Crippen LogP contribution in [-0.2, 0) is 0 Å². The predicted molar refractivity (Wildman–Crippen MR) is 43.9 cm³/mol. The predicted octanol–water partition coefficient (Wildman–Crippen LogP) is 0.968. The molecule has 0 aliphatic heterocycles. The molecule has 0 bridgehead atoms. The van der Waals surface area contributed by atoms with Crippen LogP contribution in [0.2, 0.25) is 0 Å². The average molecular weight is 145 g/mol. The van der Waals surface area contributed by atoms with Crippen LogP contribution >= 0.6 is 0 Å². The van der Waals surface area contributed by atoms with Crippen LogP contribution in [0.5, 0.6) is 0 Å². The minimum Gasteiger partial charge on any atom is -0.634 e. The van der Waals surface area contributed by atoms with Crippen LogP contribution in [0, 0.1) is 5.21 Å². The molecular formula is C8H19NO. The monoisotopic (exact) mass is 145 g/mol. The van der Waals surface area contributed by atoms with E-state index < -0.39 is 0 Å². The molecule has 0 saturated carbocycles. The van der Waals surface area contributed by atoms with Gasteiger partial charge in [-0.3, -0.25) is 0 Å². The van der Waals surface area contributed by atoms with Gasteiger partial charge in [0.15, 0.2) is 0 Å². The summed E-state index contributed by atoms with van der Waals surface area (Å²) in [5.74, 6) is 0. The van der Waals surface area contributed by atoms with E-state index in [1.807, 2.05) is 6.92 Å². The Balaban J connectivity index is 4.02. The van der Waals surface area contributed by atoms with Gasteiger partial charge in [0, 0.05) is 0 Å². The van der Waals surface area contributed by atoms with Gasteiger partial charge in [-0.15, -0.1) is 0 Å². The Kier molecular flexibility index (Phi) is 3.91. The summed E-state index contributed by atoms with van der Waals surface area (Å²) in [6, 6.07) is 0. The summed E-state index contributed by atoms with van der Waals surface area (Å²) in [6.45, 7) is 8.83. The minimum absolute atomic E-state index is 0.0469. The van der Waals surface area contributed by atoms with E-state index in [4.69, 9.17) is 0 Å². The largest absolute Gasteiger partial charge is 0.634 e. The number of hydrogen-bond donors (Lipinski definition) is 1. The van der Waals surface area contributed by atoms with Crippen molar-refractivity contribution in [3.05, 3.63) is 5.21 Å². The lowest BCUT2D eigenvalue weighted by molar-refractivity contribution is -0.902. The molecule has 1 atom stereocenters. The molecule has 0 rings (SSSR count). The summed E-state index contributed by atoms with van der Waals surface area (Å²) in [5, 5.41) is 11.7. The maximum atomic E-state index is 11.3. The van der Waals surface area contributed by atoms with E-state index in [0.717, 1.165) is 12.8 Å². The molecule has 1 unspecified atom stereocenters. The SMILES string of the molecule is CC[NH+]([O-])C(C)(CC)CC. The maximum Gasteiger partial charge on any atom is 0.0940 e. The van der Waals surface area contributed by atoms with Gasteiger partial charge < -0.3 is 10.3 Å². The molecule has 0 amide bonds. The molecule has 10 heavy (non-hydrogen) atoms. The van der Waals surface area contributed by atoms with Crippen molar-refractivity contribution in [3.8, 4) is 0 Å². The van der Waals surface area contributed by atoms with E-state index in [-0.39, 0.29) is 5.54 Å². The van der Waals surface area contributed by atoms with Gasteiger partial charge in [0.2, 0.25) is 0 Å². The summed E-state index contributed by atoms with van der Waals surface area (Å²) < 4.78 is 0. The first kappa shape index (κ1) is 9.92. The summed E-state index contributed by atoms with van der Waals surface area (Å²) in [4.78, 5) is 0.